The molecule has 0 amide bonds. The molecule has 3 N–H and O–H groups in total. The van der Waals surface area contributed by atoms with E-state index in [1.54, 1.807) is 7.11 Å². The fraction of sp³-hybridized carbons (Fsp3) is 0.533. The smallest absolute Gasteiger partial charge is 0.193 e. The highest BCUT2D eigenvalue weighted by atomic mass is 127. The fourth-order valence-electron chi connectivity index (χ4n) is 1.83. The van der Waals surface area contributed by atoms with E-state index in [2.05, 4.69) is 10.3 Å². The molecule has 0 spiro atoms. The summed E-state index contributed by atoms with van der Waals surface area (Å²) in [5.74, 6) is 1.96. The number of halogens is 1. The maximum absolute atomic E-state index is 5.84. The zero-order valence-electron chi connectivity index (χ0n) is 12.4. The summed E-state index contributed by atoms with van der Waals surface area (Å²) in [5, 5.41) is 3.04. The number of hydrogen-bond acceptors (Lipinski definition) is 3. The van der Waals surface area contributed by atoms with E-state index in [1.807, 2.05) is 24.3 Å². The third kappa shape index (κ3) is 6.99. The van der Waals surface area contributed by atoms with E-state index in [0.717, 1.165) is 37.0 Å². The summed E-state index contributed by atoms with van der Waals surface area (Å²) in [6.45, 7) is 2.32. The van der Waals surface area contributed by atoms with Gasteiger partial charge in [0.15, 0.2) is 5.96 Å². The number of aliphatic imine (C=N–C) groups is 1. The van der Waals surface area contributed by atoms with Crippen molar-refractivity contribution in [1.82, 2.24) is 0 Å². The Bertz CT molecular complexity index is 450. The van der Waals surface area contributed by atoms with E-state index in [-0.39, 0.29) is 24.0 Å². The van der Waals surface area contributed by atoms with E-state index < -0.39 is 0 Å². The van der Waals surface area contributed by atoms with Gasteiger partial charge in [0.1, 0.15) is 5.75 Å². The first-order valence-corrected chi connectivity index (χ1v) is 7.07. The molecule has 0 bridgehead atoms. The van der Waals surface area contributed by atoms with Gasteiger partial charge in [-0.1, -0.05) is 12.1 Å². The van der Waals surface area contributed by atoms with Crippen molar-refractivity contribution in [3.05, 3.63) is 24.3 Å². The first-order chi connectivity index (χ1) is 9.79. The first-order valence-electron chi connectivity index (χ1n) is 7.07. The Morgan fingerprint density at radius 1 is 1.38 bits per heavy atom. The zero-order chi connectivity index (χ0) is 14.2. The molecule has 0 saturated heterocycles. The molecule has 1 fully saturated rings. The summed E-state index contributed by atoms with van der Waals surface area (Å²) in [4.78, 5) is 4.27. The van der Waals surface area contributed by atoms with Crippen molar-refractivity contribution in [1.29, 1.82) is 0 Å². The molecule has 118 valence electrons. The third-order valence-corrected chi connectivity index (χ3v) is 3.15. The van der Waals surface area contributed by atoms with E-state index in [9.17, 15) is 0 Å². The average molecular weight is 405 g/mol. The quantitative estimate of drug-likeness (QED) is 0.302. The maximum Gasteiger partial charge on any atom is 0.193 e. The number of ether oxygens (including phenoxy) is 2. The zero-order valence-corrected chi connectivity index (χ0v) is 14.7. The minimum absolute atomic E-state index is 0. The molecule has 1 aliphatic carbocycles. The molecule has 0 unspecified atom stereocenters. The normalized spacial score (nSPS) is 14.4. The highest BCUT2D eigenvalue weighted by Crippen LogP contribution is 2.28. The fourth-order valence-corrected chi connectivity index (χ4v) is 1.83. The standard InChI is InChI=1S/C15H23N3O2.HI/c1-19-14-6-3-2-5-13(14)18-15(16)17-9-4-10-20-11-12-7-8-12;/h2-3,5-6,12H,4,7-11H2,1H3,(H3,16,17,18);1H. The molecule has 1 aromatic rings. The van der Waals surface area contributed by atoms with Crippen molar-refractivity contribution < 1.29 is 9.47 Å². The van der Waals surface area contributed by atoms with Gasteiger partial charge in [0.05, 0.1) is 12.8 Å². The minimum Gasteiger partial charge on any atom is -0.495 e. The highest BCUT2D eigenvalue weighted by Gasteiger charge is 2.20. The van der Waals surface area contributed by atoms with Crippen LogP contribution in [0.2, 0.25) is 0 Å². The summed E-state index contributed by atoms with van der Waals surface area (Å²) < 4.78 is 10.8. The van der Waals surface area contributed by atoms with Crippen LogP contribution < -0.4 is 15.8 Å². The number of para-hydroxylation sites is 2. The Hall–Kier alpha value is -1.02. The molecule has 5 nitrogen and oxygen atoms in total. The predicted octanol–water partition coefficient (Wildman–Crippen LogP) is 2.86. The van der Waals surface area contributed by atoms with Gasteiger partial charge < -0.3 is 20.5 Å². The van der Waals surface area contributed by atoms with Crippen LogP contribution in [0.1, 0.15) is 19.3 Å². The van der Waals surface area contributed by atoms with Crippen LogP contribution in [-0.2, 0) is 4.74 Å². The van der Waals surface area contributed by atoms with Crippen molar-refractivity contribution in [2.75, 3.05) is 32.2 Å². The molecule has 0 aliphatic heterocycles. The Morgan fingerprint density at radius 2 is 2.14 bits per heavy atom. The molecule has 6 heteroatoms. The van der Waals surface area contributed by atoms with Crippen molar-refractivity contribution in [2.45, 2.75) is 19.3 Å². The minimum atomic E-state index is 0. The van der Waals surface area contributed by atoms with Gasteiger partial charge >= 0.3 is 0 Å². The van der Waals surface area contributed by atoms with E-state index >= 15 is 0 Å². The molecule has 0 heterocycles. The average Bonchev–Trinajstić information content (AvgIpc) is 3.27. The van der Waals surface area contributed by atoms with Gasteiger partial charge in [0.2, 0.25) is 0 Å². The van der Waals surface area contributed by atoms with Gasteiger partial charge in [-0.15, -0.1) is 24.0 Å². The van der Waals surface area contributed by atoms with Crippen LogP contribution >= 0.6 is 24.0 Å². The molecule has 1 aromatic carbocycles. The van der Waals surface area contributed by atoms with Crippen LogP contribution in [0.15, 0.2) is 29.3 Å². The number of nitrogens with two attached hydrogens (primary N) is 1. The van der Waals surface area contributed by atoms with Crippen molar-refractivity contribution in [3.8, 4) is 5.75 Å². The molecule has 21 heavy (non-hydrogen) atoms. The Morgan fingerprint density at radius 3 is 2.86 bits per heavy atom. The number of rotatable bonds is 8. The van der Waals surface area contributed by atoms with Crippen LogP contribution in [0, 0.1) is 5.92 Å². The topological polar surface area (TPSA) is 68.9 Å². The number of nitrogens with zero attached hydrogens (tertiary/aromatic N) is 1. The van der Waals surface area contributed by atoms with E-state index in [1.165, 1.54) is 12.8 Å². The number of methoxy groups -OCH3 is 1. The summed E-state index contributed by atoms with van der Waals surface area (Å²) in [7, 11) is 1.63. The van der Waals surface area contributed by atoms with E-state index in [4.69, 9.17) is 15.2 Å². The molecule has 0 radical (unpaired) electrons. The molecule has 0 aromatic heterocycles. The molecular formula is C15H24IN3O2. The second-order valence-corrected chi connectivity index (χ2v) is 4.96. The van der Waals surface area contributed by atoms with Gasteiger partial charge in [-0.3, -0.25) is 4.99 Å². The SMILES string of the molecule is COc1ccccc1NC(N)=NCCCOCC1CC1.I. The predicted molar refractivity (Wildman–Crippen MR) is 96.7 cm³/mol. The lowest BCUT2D eigenvalue weighted by atomic mass is 10.3. The van der Waals surface area contributed by atoms with Crippen LogP contribution in [0.4, 0.5) is 5.69 Å². The molecular weight excluding hydrogens is 381 g/mol. The van der Waals surface area contributed by atoms with Crippen LogP contribution in [0.25, 0.3) is 0 Å². The number of benzene rings is 1. The second kappa shape index (κ2) is 9.83. The third-order valence-electron chi connectivity index (χ3n) is 3.15. The lowest BCUT2D eigenvalue weighted by molar-refractivity contribution is 0.123. The summed E-state index contributed by atoms with van der Waals surface area (Å²) >= 11 is 0. The number of nitrogens with one attached hydrogen (secondary N) is 1. The van der Waals surface area contributed by atoms with Crippen molar-refractivity contribution in [2.24, 2.45) is 16.6 Å². The van der Waals surface area contributed by atoms with Crippen LogP contribution in [0.3, 0.4) is 0 Å². The molecule has 1 aliphatic rings. The second-order valence-electron chi connectivity index (χ2n) is 4.96. The van der Waals surface area contributed by atoms with Gasteiger partial charge in [-0.05, 0) is 37.3 Å². The number of anilines is 1. The van der Waals surface area contributed by atoms with Gasteiger partial charge in [0.25, 0.3) is 0 Å². The lowest BCUT2D eigenvalue weighted by Gasteiger charge is -2.10. The van der Waals surface area contributed by atoms with Crippen LogP contribution in [0.5, 0.6) is 5.75 Å². The van der Waals surface area contributed by atoms with Gasteiger partial charge in [-0.2, -0.15) is 0 Å². The van der Waals surface area contributed by atoms with Crippen molar-refractivity contribution >= 4 is 35.6 Å². The van der Waals surface area contributed by atoms with Gasteiger partial charge in [-0.25, -0.2) is 0 Å². The summed E-state index contributed by atoms with van der Waals surface area (Å²) in [5.41, 5.74) is 6.67. The van der Waals surface area contributed by atoms with Crippen molar-refractivity contribution in [3.63, 3.8) is 0 Å². The van der Waals surface area contributed by atoms with E-state index in [0.29, 0.717) is 12.5 Å². The highest BCUT2D eigenvalue weighted by molar-refractivity contribution is 14.0. The number of hydrogen-bond donors (Lipinski definition) is 2. The Labute approximate surface area is 143 Å². The molecule has 2 rings (SSSR count). The summed E-state index contributed by atoms with van der Waals surface area (Å²) in [6, 6.07) is 7.61. The number of guanidine groups is 1. The summed E-state index contributed by atoms with van der Waals surface area (Å²) in [6.07, 6.45) is 3.54. The van der Waals surface area contributed by atoms with Gasteiger partial charge in [0, 0.05) is 19.8 Å². The lowest BCUT2D eigenvalue weighted by Crippen LogP contribution is -2.23. The maximum atomic E-state index is 5.84. The largest absolute Gasteiger partial charge is 0.495 e. The monoisotopic (exact) mass is 405 g/mol. The Balaban J connectivity index is 0.00000220. The Kier molecular flexibility index (Phi) is 8.44. The first kappa shape index (κ1) is 18.0. The van der Waals surface area contributed by atoms with Crippen LogP contribution in [-0.4, -0.2) is 32.8 Å². The molecule has 0 atom stereocenters. The molecule has 1 saturated carbocycles.